The van der Waals surface area contributed by atoms with Gasteiger partial charge in [0.15, 0.2) is 6.61 Å². The van der Waals surface area contributed by atoms with Crippen LogP contribution in [0.25, 0.3) is 0 Å². The number of hydrogen-bond donors (Lipinski definition) is 2. The Morgan fingerprint density at radius 1 is 1.19 bits per heavy atom. The Morgan fingerprint density at radius 3 is 2.50 bits per heavy atom. The fraction of sp³-hybridized carbons (Fsp3) is 0.278. The summed E-state index contributed by atoms with van der Waals surface area (Å²) < 4.78 is 33.2. The fourth-order valence-corrected chi connectivity index (χ4v) is 3.77. The van der Waals surface area contributed by atoms with Gasteiger partial charge in [-0.2, -0.15) is 0 Å². The van der Waals surface area contributed by atoms with Crippen molar-refractivity contribution in [1.82, 2.24) is 4.72 Å². The second-order valence-corrected chi connectivity index (χ2v) is 8.38. The first-order valence-electron chi connectivity index (χ1n) is 8.11. The molecule has 2 aromatic rings. The minimum Gasteiger partial charge on any atom is -0.484 e. The molecule has 0 bridgehead atoms. The molecular formula is C18H21BrN2O4S. The number of anilines is 1. The molecule has 0 aliphatic rings. The molecule has 6 nitrogen and oxygen atoms in total. The molecule has 1 atom stereocenters. The summed E-state index contributed by atoms with van der Waals surface area (Å²) in [6, 6.07) is 13.0. The predicted molar refractivity (Wildman–Crippen MR) is 105 cm³/mol. The first-order chi connectivity index (χ1) is 12.3. The van der Waals surface area contributed by atoms with E-state index < -0.39 is 10.0 Å². The van der Waals surface area contributed by atoms with Gasteiger partial charge in [-0.3, -0.25) is 4.79 Å². The van der Waals surface area contributed by atoms with Crippen molar-refractivity contribution in [3.05, 3.63) is 53.0 Å². The molecular weight excluding hydrogens is 420 g/mol. The van der Waals surface area contributed by atoms with Gasteiger partial charge < -0.3 is 10.1 Å². The maximum atomic E-state index is 12.2. The third kappa shape index (κ3) is 6.12. The van der Waals surface area contributed by atoms with Gasteiger partial charge in [-0.25, -0.2) is 13.1 Å². The lowest BCUT2D eigenvalue weighted by atomic mass is 10.3. The zero-order chi connectivity index (χ0) is 19.2. The van der Waals surface area contributed by atoms with E-state index in [1.54, 1.807) is 19.1 Å². The third-order valence-electron chi connectivity index (χ3n) is 3.58. The molecule has 0 unspecified atom stereocenters. The van der Waals surface area contributed by atoms with Gasteiger partial charge in [0, 0.05) is 16.2 Å². The van der Waals surface area contributed by atoms with Gasteiger partial charge in [-0.1, -0.05) is 28.9 Å². The molecule has 26 heavy (non-hydrogen) atoms. The summed E-state index contributed by atoms with van der Waals surface area (Å²) in [5, 5.41) is 2.72. The second-order valence-electron chi connectivity index (χ2n) is 5.75. The van der Waals surface area contributed by atoms with E-state index in [-0.39, 0.29) is 23.5 Å². The highest BCUT2D eigenvalue weighted by atomic mass is 79.9. The lowest BCUT2D eigenvalue weighted by molar-refractivity contribution is -0.118. The molecule has 0 aliphatic heterocycles. The van der Waals surface area contributed by atoms with Crippen LogP contribution in [-0.4, -0.2) is 27.0 Å². The monoisotopic (exact) mass is 440 g/mol. The van der Waals surface area contributed by atoms with Gasteiger partial charge in [0.05, 0.1) is 4.90 Å². The van der Waals surface area contributed by atoms with Crippen LogP contribution in [0.15, 0.2) is 57.9 Å². The van der Waals surface area contributed by atoms with E-state index in [1.165, 1.54) is 24.3 Å². The predicted octanol–water partition coefficient (Wildman–Crippen LogP) is 3.54. The Bertz CT molecular complexity index is 854. The van der Waals surface area contributed by atoms with E-state index >= 15 is 0 Å². The van der Waals surface area contributed by atoms with Crippen LogP contribution in [0.1, 0.15) is 20.3 Å². The number of nitrogens with one attached hydrogen (secondary N) is 2. The van der Waals surface area contributed by atoms with Crippen LogP contribution in [0.5, 0.6) is 5.75 Å². The van der Waals surface area contributed by atoms with E-state index in [9.17, 15) is 13.2 Å². The van der Waals surface area contributed by atoms with E-state index in [0.717, 1.165) is 4.47 Å². The molecule has 0 fully saturated rings. The number of rotatable bonds is 8. The van der Waals surface area contributed by atoms with Crippen LogP contribution >= 0.6 is 15.9 Å². The van der Waals surface area contributed by atoms with Crippen molar-refractivity contribution in [1.29, 1.82) is 0 Å². The molecule has 0 saturated heterocycles. The maximum Gasteiger partial charge on any atom is 0.262 e. The van der Waals surface area contributed by atoms with Crippen molar-refractivity contribution in [3.8, 4) is 5.75 Å². The molecule has 2 N–H and O–H groups in total. The summed E-state index contributed by atoms with van der Waals surface area (Å²) in [5.74, 6) is 0.107. The summed E-state index contributed by atoms with van der Waals surface area (Å²) >= 11 is 3.33. The van der Waals surface area contributed by atoms with Crippen LogP contribution < -0.4 is 14.8 Å². The zero-order valence-electron chi connectivity index (χ0n) is 14.5. The first-order valence-corrected chi connectivity index (χ1v) is 10.4. The van der Waals surface area contributed by atoms with Gasteiger partial charge in [-0.05, 0) is 55.8 Å². The molecule has 1 amide bonds. The number of carbonyl (C=O) groups is 1. The minimum atomic E-state index is -3.55. The quantitative estimate of drug-likeness (QED) is 0.657. The normalized spacial score (nSPS) is 12.4. The average Bonchev–Trinajstić information content (AvgIpc) is 2.60. The van der Waals surface area contributed by atoms with E-state index in [1.807, 2.05) is 19.1 Å². The molecule has 0 aromatic heterocycles. The number of amides is 1. The van der Waals surface area contributed by atoms with Gasteiger partial charge in [0.2, 0.25) is 10.0 Å². The molecule has 0 saturated carbocycles. The lowest BCUT2D eigenvalue weighted by Gasteiger charge is -2.12. The summed E-state index contributed by atoms with van der Waals surface area (Å²) in [6.07, 6.45) is 0.702. The highest BCUT2D eigenvalue weighted by Gasteiger charge is 2.16. The molecule has 0 heterocycles. The van der Waals surface area contributed by atoms with E-state index in [4.69, 9.17) is 4.74 Å². The highest BCUT2D eigenvalue weighted by molar-refractivity contribution is 9.10. The van der Waals surface area contributed by atoms with Crippen LogP contribution in [0.3, 0.4) is 0 Å². The van der Waals surface area contributed by atoms with Crippen molar-refractivity contribution in [2.75, 3.05) is 11.9 Å². The topological polar surface area (TPSA) is 84.5 Å². The molecule has 0 radical (unpaired) electrons. The van der Waals surface area contributed by atoms with Crippen molar-refractivity contribution in [2.24, 2.45) is 0 Å². The standard InChI is InChI=1S/C18H21BrN2O4S/c1-3-13(2)21-26(23,24)17-9-7-16(8-10-17)25-12-18(22)20-15-6-4-5-14(19)11-15/h4-11,13,21H,3,12H2,1-2H3,(H,20,22)/t13-/m1/s1. The molecule has 0 spiro atoms. The largest absolute Gasteiger partial charge is 0.484 e. The number of ether oxygens (including phenoxy) is 1. The minimum absolute atomic E-state index is 0.141. The Hall–Kier alpha value is -1.90. The smallest absolute Gasteiger partial charge is 0.262 e. The molecule has 2 aromatic carbocycles. The van der Waals surface area contributed by atoms with Crippen LogP contribution in [0.4, 0.5) is 5.69 Å². The van der Waals surface area contributed by atoms with E-state index in [2.05, 4.69) is 26.0 Å². The number of carbonyl (C=O) groups excluding carboxylic acids is 1. The van der Waals surface area contributed by atoms with Gasteiger partial charge in [0.25, 0.3) is 5.91 Å². The summed E-state index contributed by atoms with van der Waals surface area (Å²) in [4.78, 5) is 12.1. The molecule has 0 aliphatic carbocycles. The molecule has 8 heteroatoms. The zero-order valence-corrected chi connectivity index (χ0v) is 16.9. The number of benzene rings is 2. The Kier molecular flexibility index (Phi) is 7.19. The summed E-state index contributed by atoms with van der Waals surface area (Å²) in [6.45, 7) is 3.53. The Labute approximate surface area is 162 Å². The lowest BCUT2D eigenvalue weighted by Crippen LogP contribution is -2.31. The van der Waals surface area contributed by atoms with Crippen LogP contribution in [0.2, 0.25) is 0 Å². The van der Waals surface area contributed by atoms with Crippen molar-refractivity contribution < 1.29 is 17.9 Å². The third-order valence-corrected chi connectivity index (χ3v) is 5.68. The highest BCUT2D eigenvalue weighted by Crippen LogP contribution is 2.18. The Morgan fingerprint density at radius 2 is 1.88 bits per heavy atom. The van der Waals surface area contributed by atoms with Crippen LogP contribution in [0, 0.1) is 0 Å². The van der Waals surface area contributed by atoms with Gasteiger partial charge in [0.1, 0.15) is 5.75 Å². The second kappa shape index (κ2) is 9.16. The number of halogens is 1. The first kappa shape index (κ1) is 20.4. The van der Waals surface area contributed by atoms with Crippen LogP contribution in [-0.2, 0) is 14.8 Å². The number of sulfonamides is 1. The average molecular weight is 441 g/mol. The summed E-state index contributed by atoms with van der Waals surface area (Å²) in [7, 11) is -3.55. The molecule has 2 rings (SSSR count). The van der Waals surface area contributed by atoms with E-state index in [0.29, 0.717) is 17.9 Å². The van der Waals surface area contributed by atoms with Crippen molar-refractivity contribution >= 4 is 37.5 Å². The van der Waals surface area contributed by atoms with Gasteiger partial charge >= 0.3 is 0 Å². The van der Waals surface area contributed by atoms with Crippen molar-refractivity contribution in [2.45, 2.75) is 31.2 Å². The summed E-state index contributed by atoms with van der Waals surface area (Å²) in [5.41, 5.74) is 0.658. The Balaban J connectivity index is 1.92. The maximum absolute atomic E-state index is 12.2. The number of hydrogen-bond acceptors (Lipinski definition) is 4. The SMILES string of the molecule is CC[C@@H](C)NS(=O)(=O)c1ccc(OCC(=O)Nc2cccc(Br)c2)cc1. The molecule has 140 valence electrons. The van der Waals surface area contributed by atoms with Crippen molar-refractivity contribution in [3.63, 3.8) is 0 Å². The fourth-order valence-electron chi connectivity index (χ4n) is 2.04. The van der Waals surface area contributed by atoms with Gasteiger partial charge in [-0.15, -0.1) is 0 Å².